The van der Waals surface area contributed by atoms with Gasteiger partial charge in [0.25, 0.3) is 0 Å². The zero-order valence-corrected chi connectivity index (χ0v) is 11.6. The third-order valence-electron chi connectivity index (χ3n) is 3.45. The summed E-state index contributed by atoms with van der Waals surface area (Å²) in [5.74, 6) is 0.787. The Hall–Kier alpha value is -1.75. The molecule has 1 aliphatic heterocycles. The number of piperazine rings is 1. The van der Waals surface area contributed by atoms with Crippen LogP contribution in [0.25, 0.3) is 0 Å². The molecule has 0 radical (unpaired) electrons. The number of urea groups is 1. The first-order valence-electron chi connectivity index (χ1n) is 6.65. The minimum absolute atomic E-state index is 0.0269. The van der Waals surface area contributed by atoms with E-state index in [1.54, 1.807) is 7.11 Å². The van der Waals surface area contributed by atoms with Crippen LogP contribution in [0.15, 0.2) is 24.3 Å². The summed E-state index contributed by atoms with van der Waals surface area (Å²) in [7, 11) is 1.63. The molecule has 1 fully saturated rings. The van der Waals surface area contributed by atoms with Gasteiger partial charge in [-0.3, -0.25) is 0 Å². The third-order valence-corrected chi connectivity index (χ3v) is 3.45. The summed E-state index contributed by atoms with van der Waals surface area (Å²) in [6.45, 7) is 6.67. The Balaban J connectivity index is 1.86. The van der Waals surface area contributed by atoms with Gasteiger partial charge in [0.05, 0.1) is 7.11 Å². The zero-order valence-electron chi connectivity index (χ0n) is 11.6. The van der Waals surface area contributed by atoms with E-state index in [1.165, 1.54) is 0 Å². The summed E-state index contributed by atoms with van der Waals surface area (Å²) in [6, 6.07) is 7.34. The number of hydrogen-bond acceptors (Lipinski definition) is 3. The maximum atomic E-state index is 12.1. The Morgan fingerprint density at radius 2 is 1.84 bits per heavy atom. The van der Waals surface area contributed by atoms with Gasteiger partial charge in [0.1, 0.15) is 5.75 Å². The summed E-state index contributed by atoms with van der Waals surface area (Å²) in [6.07, 6.45) is 0. The van der Waals surface area contributed by atoms with Crippen LogP contribution >= 0.6 is 0 Å². The van der Waals surface area contributed by atoms with Gasteiger partial charge in [-0.05, 0) is 30.8 Å². The summed E-state index contributed by atoms with van der Waals surface area (Å²) in [4.78, 5) is 16.3. The predicted molar refractivity (Wildman–Crippen MR) is 75.7 cm³/mol. The molecule has 0 spiro atoms. The van der Waals surface area contributed by atoms with Gasteiger partial charge in [-0.2, -0.15) is 0 Å². The second-order valence-corrected chi connectivity index (χ2v) is 4.58. The van der Waals surface area contributed by atoms with Gasteiger partial charge in [0.15, 0.2) is 0 Å². The molecule has 0 atom stereocenters. The lowest BCUT2D eigenvalue weighted by Crippen LogP contribution is -2.49. The van der Waals surface area contributed by atoms with Crippen LogP contribution in [0.2, 0.25) is 0 Å². The lowest BCUT2D eigenvalue weighted by Gasteiger charge is -2.33. The average Bonchev–Trinajstić information content (AvgIpc) is 2.48. The molecule has 104 valence electrons. The number of likely N-dealkylation sites (N-methyl/N-ethyl adjacent to an activating group) is 1. The molecular formula is C14H21N3O2. The van der Waals surface area contributed by atoms with Crippen molar-refractivity contribution in [3.05, 3.63) is 24.3 Å². The molecule has 5 nitrogen and oxygen atoms in total. The summed E-state index contributed by atoms with van der Waals surface area (Å²) < 4.78 is 5.09. The molecule has 2 amide bonds. The lowest BCUT2D eigenvalue weighted by molar-refractivity contribution is 0.151. The van der Waals surface area contributed by atoms with Crippen molar-refractivity contribution in [3.63, 3.8) is 0 Å². The van der Waals surface area contributed by atoms with Gasteiger partial charge >= 0.3 is 6.03 Å². The van der Waals surface area contributed by atoms with Crippen LogP contribution in [-0.4, -0.2) is 55.7 Å². The number of rotatable bonds is 3. The highest BCUT2D eigenvalue weighted by molar-refractivity contribution is 5.89. The highest BCUT2D eigenvalue weighted by Gasteiger charge is 2.19. The quantitative estimate of drug-likeness (QED) is 0.905. The van der Waals surface area contributed by atoms with Crippen molar-refractivity contribution in [2.75, 3.05) is 45.2 Å². The van der Waals surface area contributed by atoms with Crippen LogP contribution in [0.4, 0.5) is 10.5 Å². The average molecular weight is 263 g/mol. The number of hydrogen-bond donors (Lipinski definition) is 1. The van der Waals surface area contributed by atoms with Crippen LogP contribution in [0.1, 0.15) is 6.92 Å². The van der Waals surface area contributed by atoms with Crippen LogP contribution < -0.4 is 10.1 Å². The third kappa shape index (κ3) is 3.61. The van der Waals surface area contributed by atoms with E-state index in [4.69, 9.17) is 4.74 Å². The zero-order chi connectivity index (χ0) is 13.7. The Kier molecular flexibility index (Phi) is 4.63. The number of ether oxygens (including phenoxy) is 1. The van der Waals surface area contributed by atoms with Gasteiger partial charge in [0, 0.05) is 31.9 Å². The first-order chi connectivity index (χ1) is 9.22. The predicted octanol–water partition coefficient (Wildman–Crippen LogP) is 1.86. The topological polar surface area (TPSA) is 44.8 Å². The fourth-order valence-corrected chi connectivity index (χ4v) is 2.14. The van der Waals surface area contributed by atoms with Crippen molar-refractivity contribution in [3.8, 4) is 5.75 Å². The molecule has 0 aliphatic carbocycles. The van der Waals surface area contributed by atoms with Gasteiger partial charge in [-0.1, -0.05) is 6.92 Å². The number of nitrogens with one attached hydrogen (secondary N) is 1. The minimum atomic E-state index is -0.0269. The van der Waals surface area contributed by atoms with Crippen LogP contribution in [0, 0.1) is 0 Å². The Morgan fingerprint density at radius 1 is 1.21 bits per heavy atom. The number of amides is 2. The van der Waals surface area contributed by atoms with E-state index in [9.17, 15) is 4.79 Å². The van der Waals surface area contributed by atoms with Gasteiger partial charge in [0.2, 0.25) is 0 Å². The summed E-state index contributed by atoms with van der Waals surface area (Å²) >= 11 is 0. The van der Waals surface area contributed by atoms with Gasteiger partial charge in [-0.25, -0.2) is 4.79 Å². The number of carbonyl (C=O) groups excluding carboxylic acids is 1. The van der Waals surface area contributed by atoms with Crippen molar-refractivity contribution >= 4 is 11.7 Å². The molecule has 2 rings (SSSR count). The van der Waals surface area contributed by atoms with E-state index in [0.29, 0.717) is 0 Å². The molecule has 0 bridgehead atoms. The van der Waals surface area contributed by atoms with Crippen molar-refractivity contribution < 1.29 is 9.53 Å². The second-order valence-electron chi connectivity index (χ2n) is 4.58. The number of anilines is 1. The molecule has 0 saturated carbocycles. The first kappa shape index (κ1) is 13.7. The summed E-state index contributed by atoms with van der Waals surface area (Å²) in [5.41, 5.74) is 0.795. The molecule has 1 aromatic carbocycles. The van der Waals surface area contributed by atoms with Crippen LogP contribution in [0.5, 0.6) is 5.75 Å². The van der Waals surface area contributed by atoms with Crippen LogP contribution in [0.3, 0.4) is 0 Å². The highest BCUT2D eigenvalue weighted by atomic mass is 16.5. The molecule has 0 unspecified atom stereocenters. The minimum Gasteiger partial charge on any atom is -0.497 e. The fraction of sp³-hybridized carbons (Fsp3) is 0.500. The standard InChI is InChI=1S/C14H21N3O2/c1-3-16-8-10-17(11-9-16)14(18)15-12-4-6-13(19-2)7-5-12/h4-7H,3,8-11H2,1-2H3,(H,15,18). The Bertz CT molecular complexity index is 411. The SMILES string of the molecule is CCN1CCN(C(=O)Nc2ccc(OC)cc2)CC1. The van der Waals surface area contributed by atoms with Crippen molar-refractivity contribution in [1.29, 1.82) is 0 Å². The van der Waals surface area contributed by atoms with Gasteiger partial charge < -0.3 is 19.9 Å². The van der Waals surface area contributed by atoms with Crippen molar-refractivity contribution in [1.82, 2.24) is 9.80 Å². The molecule has 0 aromatic heterocycles. The molecule has 19 heavy (non-hydrogen) atoms. The molecule has 5 heteroatoms. The van der Waals surface area contributed by atoms with E-state index < -0.39 is 0 Å². The number of methoxy groups -OCH3 is 1. The monoisotopic (exact) mass is 263 g/mol. The van der Waals surface area contributed by atoms with Gasteiger partial charge in [-0.15, -0.1) is 0 Å². The molecule has 1 N–H and O–H groups in total. The van der Waals surface area contributed by atoms with Crippen LogP contribution in [-0.2, 0) is 0 Å². The Morgan fingerprint density at radius 3 is 2.37 bits per heavy atom. The van der Waals surface area contributed by atoms with E-state index in [1.807, 2.05) is 29.2 Å². The lowest BCUT2D eigenvalue weighted by atomic mass is 10.3. The van der Waals surface area contributed by atoms with E-state index in [-0.39, 0.29) is 6.03 Å². The highest BCUT2D eigenvalue weighted by Crippen LogP contribution is 2.15. The van der Waals surface area contributed by atoms with Crippen molar-refractivity contribution in [2.45, 2.75) is 6.92 Å². The second kappa shape index (κ2) is 6.43. The largest absolute Gasteiger partial charge is 0.497 e. The number of benzene rings is 1. The van der Waals surface area contributed by atoms with E-state index in [0.717, 1.165) is 44.2 Å². The van der Waals surface area contributed by atoms with E-state index in [2.05, 4.69) is 17.1 Å². The first-order valence-corrected chi connectivity index (χ1v) is 6.65. The molecule has 1 heterocycles. The molecular weight excluding hydrogens is 242 g/mol. The maximum absolute atomic E-state index is 12.1. The maximum Gasteiger partial charge on any atom is 0.321 e. The normalized spacial score (nSPS) is 16.2. The smallest absolute Gasteiger partial charge is 0.321 e. The summed E-state index contributed by atoms with van der Waals surface area (Å²) in [5, 5.41) is 2.91. The molecule has 1 aromatic rings. The molecule has 1 saturated heterocycles. The number of nitrogens with zero attached hydrogens (tertiary/aromatic N) is 2. The van der Waals surface area contributed by atoms with Crippen molar-refractivity contribution in [2.24, 2.45) is 0 Å². The fourth-order valence-electron chi connectivity index (χ4n) is 2.14. The molecule has 1 aliphatic rings. The number of carbonyl (C=O) groups is 1. The van der Waals surface area contributed by atoms with E-state index >= 15 is 0 Å². The Labute approximate surface area is 114 Å².